The predicted molar refractivity (Wildman–Crippen MR) is 93.9 cm³/mol. The molecule has 1 aromatic carbocycles. The maximum atomic E-state index is 12.1. The minimum Gasteiger partial charge on any atom is -0.378 e. The molecule has 0 aliphatic carbocycles. The van der Waals surface area contributed by atoms with Crippen LogP contribution in [0.5, 0.6) is 0 Å². The van der Waals surface area contributed by atoms with Gasteiger partial charge in [0, 0.05) is 25.6 Å². The zero-order valence-electron chi connectivity index (χ0n) is 13.5. The number of nitrogens with two attached hydrogens (primary N) is 1. The summed E-state index contributed by atoms with van der Waals surface area (Å²) in [5.41, 5.74) is 8.06. The van der Waals surface area contributed by atoms with Gasteiger partial charge in [-0.05, 0) is 17.7 Å². The molecule has 2 heterocycles. The van der Waals surface area contributed by atoms with Gasteiger partial charge >= 0.3 is 0 Å². The zero-order valence-corrected chi connectivity index (χ0v) is 13.5. The van der Waals surface area contributed by atoms with Gasteiger partial charge in [-0.25, -0.2) is 4.98 Å². The fourth-order valence-corrected chi connectivity index (χ4v) is 2.68. The molecule has 3 rings (SSSR count). The summed E-state index contributed by atoms with van der Waals surface area (Å²) in [4.78, 5) is 18.7. The number of nitrogens with one attached hydrogen (secondary N) is 1. The Kier molecular flexibility index (Phi) is 5.40. The number of carbonyl (C=O) groups excluding carboxylic acids is 1. The maximum Gasteiger partial charge on any atom is 0.227 e. The predicted octanol–water partition coefficient (Wildman–Crippen LogP) is 1.95. The highest BCUT2D eigenvalue weighted by Gasteiger charge is 2.14. The summed E-state index contributed by atoms with van der Waals surface area (Å²) in [5.74, 6) is 0.398. The van der Waals surface area contributed by atoms with Crippen molar-refractivity contribution < 1.29 is 9.53 Å². The summed E-state index contributed by atoms with van der Waals surface area (Å²) < 4.78 is 5.34. The van der Waals surface area contributed by atoms with E-state index in [9.17, 15) is 4.79 Å². The van der Waals surface area contributed by atoms with Crippen molar-refractivity contribution in [1.82, 2.24) is 4.98 Å². The number of anilines is 2. The van der Waals surface area contributed by atoms with Crippen LogP contribution in [-0.2, 0) is 9.53 Å². The Bertz CT molecular complexity index is 654. The molecule has 0 bridgehead atoms. The van der Waals surface area contributed by atoms with Crippen molar-refractivity contribution in [1.29, 1.82) is 0 Å². The van der Waals surface area contributed by atoms with Crippen molar-refractivity contribution in [3.63, 3.8) is 0 Å². The third kappa shape index (κ3) is 4.31. The maximum absolute atomic E-state index is 12.1. The van der Waals surface area contributed by atoms with Crippen molar-refractivity contribution in [2.75, 3.05) is 36.5 Å². The second-order valence-electron chi connectivity index (χ2n) is 5.77. The number of morpholine rings is 1. The molecule has 1 saturated heterocycles. The summed E-state index contributed by atoms with van der Waals surface area (Å²) in [6.07, 6.45) is 2.00. The lowest BCUT2D eigenvalue weighted by atomic mass is 10.0. The monoisotopic (exact) mass is 326 g/mol. The van der Waals surface area contributed by atoms with Crippen molar-refractivity contribution in [2.24, 2.45) is 5.73 Å². The van der Waals surface area contributed by atoms with Gasteiger partial charge in [-0.3, -0.25) is 4.79 Å². The molecule has 6 nitrogen and oxygen atoms in total. The van der Waals surface area contributed by atoms with E-state index >= 15 is 0 Å². The Labute approximate surface area is 141 Å². The molecular weight excluding hydrogens is 304 g/mol. The molecule has 24 heavy (non-hydrogen) atoms. The molecule has 2 aromatic rings. The van der Waals surface area contributed by atoms with E-state index in [0.29, 0.717) is 5.82 Å². The average molecular weight is 326 g/mol. The van der Waals surface area contributed by atoms with E-state index < -0.39 is 0 Å². The van der Waals surface area contributed by atoms with E-state index in [0.717, 1.165) is 37.6 Å². The summed E-state index contributed by atoms with van der Waals surface area (Å²) in [5, 5.41) is 2.80. The van der Waals surface area contributed by atoms with Crippen molar-refractivity contribution in [3.05, 3.63) is 54.2 Å². The fraction of sp³-hybridized carbons (Fsp3) is 0.333. The molecule has 3 N–H and O–H groups in total. The van der Waals surface area contributed by atoms with Crippen LogP contribution in [0.4, 0.5) is 11.5 Å². The Hall–Kier alpha value is -2.44. The van der Waals surface area contributed by atoms with Crippen LogP contribution in [0, 0.1) is 0 Å². The minimum atomic E-state index is -0.321. The Morgan fingerprint density at radius 2 is 1.96 bits per heavy atom. The molecular formula is C18H22N4O2. The molecule has 1 amide bonds. The molecule has 126 valence electrons. The SMILES string of the molecule is NC(CC(=O)Nc1ccc(N2CCOCC2)cn1)c1ccccc1. The first-order valence-corrected chi connectivity index (χ1v) is 8.11. The molecule has 1 aromatic heterocycles. The Morgan fingerprint density at radius 1 is 1.21 bits per heavy atom. The number of nitrogens with zero attached hydrogens (tertiary/aromatic N) is 2. The summed E-state index contributed by atoms with van der Waals surface area (Å²) in [6.45, 7) is 3.18. The molecule has 1 fully saturated rings. The number of amides is 1. The van der Waals surface area contributed by atoms with E-state index in [2.05, 4.69) is 15.2 Å². The number of hydrogen-bond donors (Lipinski definition) is 2. The smallest absolute Gasteiger partial charge is 0.227 e. The van der Waals surface area contributed by atoms with E-state index in [-0.39, 0.29) is 18.4 Å². The van der Waals surface area contributed by atoms with Crippen molar-refractivity contribution in [2.45, 2.75) is 12.5 Å². The second-order valence-corrected chi connectivity index (χ2v) is 5.77. The van der Waals surface area contributed by atoms with E-state index in [4.69, 9.17) is 10.5 Å². The van der Waals surface area contributed by atoms with Gasteiger partial charge in [0.2, 0.25) is 5.91 Å². The number of benzene rings is 1. The third-order valence-corrected chi connectivity index (χ3v) is 4.02. The van der Waals surface area contributed by atoms with Crippen LogP contribution in [0.3, 0.4) is 0 Å². The largest absolute Gasteiger partial charge is 0.378 e. The van der Waals surface area contributed by atoms with Gasteiger partial charge in [-0.2, -0.15) is 0 Å². The van der Waals surface area contributed by atoms with Crippen LogP contribution in [0.2, 0.25) is 0 Å². The minimum absolute atomic E-state index is 0.141. The first-order chi connectivity index (χ1) is 11.7. The standard InChI is InChI=1S/C18H22N4O2/c19-16(14-4-2-1-3-5-14)12-18(23)21-17-7-6-15(13-20-17)22-8-10-24-11-9-22/h1-7,13,16H,8-12,19H2,(H,20,21,23). The lowest BCUT2D eigenvalue weighted by Gasteiger charge is -2.28. The summed E-state index contributed by atoms with van der Waals surface area (Å²) in [6, 6.07) is 13.1. The van der Waals surface area contributed by atoms with E-state index in [1.54, 1.807) is 6.20 Å². The third-order valence-electron chi connectivity index (χ3n) is 4.02. The summed E-state index contributed by atoms with van der Waals surface area (Å²) in [7, 11) is 0. The fourth-order valence-electron chi connectivity index (χ4n) is 2.68. The number of carbonyl (C=O) groups is 1. The molecule has 6 heteroatoms. The van der Waals surface area contributed by atoms with Crippen molar-refractivity contribution >= 4 is 17.4 Å². The topological polar surface area (TPSA) is 80.5 Å². The van der Waals surface area contributed by atoms with Crippen LogP contribution in [0.25, 0.3) is 0 Å². The molecule has 1 unspecified atom stereocenters. The normalized spacial score (nSPS) is 15.8. The van der Waals surface area contributed by atoms with Gasteiger partial charge < -0.3 is 20.7 Å². The number of aromatic nitrogens is 1. The zero-order chi connectivity index (χ0) is 16.8. The highest BCUT2D eigenvalue weighted by Crippen LogP contribution is 2.18. The first kappa shape index (κ1) is 16.4. The molecule has 0 radical (unpaired) electrons. The van der Waals surface area contributed by atoms with Crippen LogP contribution in [0.15, 0.2) is 48.7 Å². The Balaban J connectivity index is 1.54. The lowest BCUT2D eigenvalue weighted by molar-refractivity contribution is -0.116. The van der Waals surface area contributed by atoms with Crippen LogP contribution in [0.1, 0.15) is 18.0 Å². The van der Waals surface area contributed by atoms with E-state index in [1.807, 2.05) is 42.5 Å². The second kappa shape index (κ2) is 7.90. The van der Waals surface area contributed by atoms with Gasteiger partial charge in [0.15, 0.2) is 0 Å². The molecule has 1 atom stereocenters. The summed E-state index contributed by atoms with van der Waals surface area (Å²) >= 11 is 0. The average Bonchev–Trinajstić information content (AvgIpc) is 2.64. The van der Waals surface area contributed by atoms with Gasteiger partial charge in [0.1, 0.15) is 5.82 Å². The van der Waals surface area contributed by atoms with Crippen LogP contribution >= 0.6 is 0 Å². The quantitative estimate of drug-likeness (QED) is 0.878. The molecule has 1 aliphatic heterocycles. The van der Waals surface area contributed by atoms with Crippen molar-refractivity contribution in [3.8, 4) is 0 Å². The van der Waals surface area contributed by atoms with Crippen LogP contribution in [-0.4, -0.2) is 37.2 Å². The lowest BCUT2D eigenvalue weighted by Crippen LogP contribution is -2.36. The molecule has 1 aliphatic rings. The highest BCUT2D eigenvalue weighted by molar-refractivity contribution is 5.90. The highest BCUT2D eigenvalue weighted by atomic mass is 16.5. The van der Waals surface area contributed by atoms with Crippen LogP contribution < -0.4 is 16.0 Å². The number of pyridine rings is 1. The first-order valence-electron chi connectivity index (χ1n) is 8.11. The number of hydrogen-bond acceptors (Lipinski definition) is 5. The van der Waals surface area contributed by atoms with Gasteiger partial charge in [-0.15, -0.1) is 0 Å². The number of ether oxygens (including phenoxy) is 1. The van der Waals surface area contributed by atoms with Gasteiger partial charge in [-0.1, -0.05) is 30.3 Å². The van der Waals surface area contributed by atoms with E-state index in [1.165, 1.54) is 0 Å². The Morgan fingerprint density at radius 3 is 2.62 bits per heavy atom. The molecule has 0 spiro atoms. The van der Waals surface area contributed by atoms with Gasteiger partial charge in [0.25, 0.3) is 0 Å². The molecule has 0 saturated carbocycles. The number of rotatable bonds is 5. The van der Waals surface area contributed by atoms with Gasteiger partial charge in [0.05, 0.1) is 25.1 Å².